The third kappa shape index (κ3) is 6.08. The van der Waals surface area contributed by atoms with Gasteiger partial charge < -0.3 is 16.0 Å². The maximum Gasteiger partial charge on any atom is 0.319 e. The van der Waals surface area contributed by atoms with Crippen LogP contribution in [0.1, 0.15) is 49.9 Å². The Morgan fingerprint density at radius 3 is 2.28 bits per heavy atom. The standard InChI is InChI=1S/C23H30N4O4S/c1-17(2)24-23(29)26-21-13-6-5-12-20(21)22(28)25-18-10-9-11-19(16-18)32(30,31)27-14-7-3-4-8-15-27/h5-6,9-13,16-17H,3-4,7-8,14-15H2,1-2H3,(H,25,28)(H2,24,26,29). The van der Waals surface area contributed by atoms with E-state index in [0.717, 1.165) is 25.7 Å². The highest BCUT2D eigenvalue weighted by Crippen LogP contribution is 2.24. The first kappa shape index (κ1) is 23.7. The third-order valence-corrected chi connectivity index (χ3v) is 7.03. The molecular weight excluding hydrogens is 428 g/mol. The molecule has 2 aromatic carbocycles. The number of carbonyl (C=O) groups excluding carboxylic acids is 2. The maximum atomic E-state index is 13.1. The molecule has 0 radical (unpaired) electrons. The van der Waals surface area contributed by atoms with Crippen LogP contribution in [0, 0.1) is 0 Å². The maximum absolute atomic E-state index is 13.1. The van der Waals surface area contributed by atoms with Crippen molar-refractivity contribution in [2.24, 2.45) is 0 Å². The highest BCUT2D eigenvalue weighted by atomic mass is 32.2. The summed E-state index contributed by atoms with van der Waals surface area (Å²) in [5.41, 5.74) is 0.996. The Morgan fingerprint density at radius 2 is 1.59 bits per heavy atom. The van der Waals surface area contributed by atoms with Gasteiger partial charge >= 0.3 is 6.03 Å². The molecule has 0 aliphatic carbocycles. The predicted octanol–water partition coefficient (Wildman–Crippen LogP) is 4.03. The van der Waals surface area contributed by atoms with E-state index in [4.69, 9.17) is 0 Å². The number of nitrogens with zero attached hydrogens (tertiary/aromatic N) is 1. The number of carbonyl (C=O) groups is 2. The summed E-state index contributed by atoms with van der Waals surface area (Å²) >= 11 is 0. The van der Waals surface area contributed by atoms with Gasteiger partial charge in [-0.2, -0.15) is 4.31 Å². The molecule has 0 aromatic heterocycles. The van der Waals surface area contributed by atoms with E-state index in [-0.39, 0.29) is 16.5 Å². The number of nitrogens with one attached hydrogen (secondary N) is 3. The van der Waals surface area contributed by atoms with E-state index in [2.05, 4.69) is 16.0 Å². The van der Waals surface area contributed by atoms with E-state index in [9.17, 15) is 18.0 Å². The van der Waals surface area contributed by atoms with Crippen molar-refractivity contribution in [3.8, 4) is 0 Å². The number of hydrogen-bond donors (Lipinski definition) is 3. The molecule has 2 aromatic rings. The van der Waals surface area contributed by atoms with E-state index in [1.54, 1.807) is 42.5 Å². The number of benzene rings is 2. The summed E-state index contributed by atoms with van der Waals surface area (Å²) in [5, 5.41) is 8.14. The number of para-hydroxylation sites is 1. The second-order valence-electron chi connectivity index (χ2n) is 8.10. The fourth-order valence-corrected chi connectivity index (χ4v) is 5.14. The van der Waals surface area contributed by atoms with Gasteiger partial charge in [0.2, 0.25) is 10.0 Å². The number of anilines is 2. The van der Waals surface area contributed by atoms with E-state index in [1.165, 1.54) is 10.4 Å². The molecule has 3 rings (SSSR count). The first-order valence-electron chi connectivity index (χ1n) is 10.9. The Hall–Kier alpha value is -2.91. The number of sulfonamides is 1. The summed E-state index contributed by atoms with van der Waals surface area (Å²) in [5.74, 6) is -0.449. The third-order valence-electron chi connectivity index (χ3n) is 5.13. The van der Waals surface area contributed by atoms with Crippen LogP contribution in [-0.4, -0.2) is 43.8 Å². The average Bonchev–Trinajstić information content (AvgIpc) is 3.04. The smallest absolute Gasteiger partial charge is 0.319 e. The van der Waals surface area contributed by atoms with Gasteiger partial charge in [0.15, 0.2) is 0 Å². The lowest BCUT2D eigenvalue weighted by atomic mass is 10.1. The van der Waals surface area contributed by atoms with Crippen LogP contribution in [0.3, 0.4) is 0 Å². The zero-order valence-electron chi connectivity index (χ0n) is 18.4. The molecule has 3 N–H and O–H groups in total. The van der Waals surface area contributed by atoms with Gasteiger partial charge in [-0.15, -0.1) is 0 Å². The lowest BCUT2D eigenvalue weighted by Crippen LogP contribution is -2.34. The highest BCUT2D eigenvalue weighted by molar-refractivity contribution is 7.89. The summed E-state index contributed by atoms with van der Waals surface area (Å²) < 4.78 is 27.7. The largest absolute Gasteiger partial charge is 0.336 e. The van der Waals surface area contributed by atoms with Gasteiger partial charge in [-0.25, -0.2) is 13.2 Å². The molecule has 3 amide bonds. The Kier molecular flexibility index (Phi) is 7.87. The Morgan fingerprint density at radius 1 is 0.906 bits per heavy atom. The van der Waals surface area contributed by atoms with Crippen molar-refractivity contribution in [1.29, 1.82) is 0 Å². The molecule has 0 unspecified atom stereocenters. The summed E-state index contributed by atoms with van der Waals surface area (Å²) in [6.07, 6.45) is 3.77. The molecular formula is C23H30N4O4S. The van der Waals surface area contributed by atoms with Crippen LogP contribution in [0.25, 0.3) is 0 Å². The van der Waals surface area contributed by atoms with Crippen LogP contribution in [0.2, 0.25) is 0 Å². The van der Waals surface area contributed by atoms with Gasteiger partial charge in [-0.1, -0.05) is 31.0 Å². The molecule has 172 valence electrons. The topological polar surface area (TPSA) is 108 Å². The van der Waals surface area contributed by atoms with Gasteiger partial charge in [0.1, 0.15) is 0 Å². The SMILES string of the molecule is CC(C)NC(=O)Nc1ccccc1C(=O)Nc1cccc(S(=O)(=O)N2CCCCCC2)c1. The summed E-state index contributed by atoms with van der Waals surface area (Å²) in [7, 11) is -3.63. The van der Waals surface area contributed by atoms with Crippen molar-refractivity contribution < 1.29 is 18.0 Å². The molecule has 1 saturated heterocycles. The summed E-state index contributed by atoms with van der Waals surface area (Å²) in [6, 6.07) is 12.4. The number of urea groups is 1. The molecule has 0 saturated carbocycles. The molecule has 1 aliphatic heterocycles. The minimum absolute atomic E-state index is 0.0510. The fourth-order valence-electron chi connectivity index (χ4n) is 3.57. The van der Waals surface area contributed by atoms with Crippen molar-refractivity contribution in [3.63, 3.8) is 0 Å². The molecule has 1 fully saturated rings. The second kappa shape index (κ2) is 10.6. The summed E-state index contributed by atoms with van der Waals surface area (Å²) in [4.78, 5) is 25.1. The molecule has 32 heavy (non-hydrogen) atoms. The van der Waals surface area contributed by atoms with E-state index >= 15 is 0 Å². The fraction of sp³-hybridized carbons (Fsp3) is 0.391. The first-order valence-corrected chi connectivity index (χ1v) is 12.3. The quantitative estimate of drug-likeness (QED) is 0.607. The molecule has 1 heterocycles. The number of amides is 3. The molecule has 0 bridgehead atoms. The lowest BCUT2D eigenvalue weighted by molar-refractivity contribution is 0.102. The molecule has 0 spiro atoms. The minimum atomic E-state index is -3.63. The predicted molar refractivity (Wildman–Crippen MR) is 125 cm³/mol. The molecule has 1 aliphatic rings. The Bertz CT molecular complexity index is 1060. The van der Waals surface area contributed by atoms with Crippen LogP contribution in [-0.2, 0) is 10.0 Å². The monoisotopic (exact) mass is 458 g/mol. The van der Waals surface area contributed by atoms with Gasteiger partial charge in [0.25, 0.3) is 5.91 Å². The van der Waals surface area contributed by atoms with E-state index < -0.39 is 22.0 Å². The lowest BCUT2D eigenvalue weighted by Gasteiger charge is -2.20. The van der Waals surface area contributed by atoms with E-state index in [0.29, 0.717) is 24.5 Å². The van der Waals surface area contributed by atoms with Crippen molar-refractivity contribution >= 4 is 33.3 Å². The Labute approximate surface area is 189 Å². The highest BCUT2D eigenvalue weighted by Gasteiger charge is 2.25. The minimum Gasteiger partial charge on any atom is -0.336 e. The number of hydrogen-bond acceptors (Lipinski definition) is 4. The molecule has 9 heteroatoms. The van der Waals surface area contributed by atoms with Crippen molar-refractivity contribution in [2.75, 3.05) is 23.7 Å². The van der Waals surface area contributed by atoms with Crippen LogP contribution in [0.5, 0.6) is 0 Å². The van der Waals surface area contributed by atoms with Crippen LogP contribution >= 0.6 is 0 Å². The Balaban J connectivity index is 1.77. The van der Waals surface area contributed by atoms with Crippen molar-refractivity contribution in [1.82, 2.24) is 9.62 Å². The number of rotatable bonds is 6. The average molecular weight is 459 g/mol. The normalized spacial score (nSPS) is 15.1. The zero-order valence-corrected chi connectivity index (χ0v) is 19.2. The van der Waals surface area contributed by atoms with Gasteiger partial charge in [0, 0.05) is 24.8 Å². The van der Waals surface area contributed by atoms with Gasteiger partial charge in [-0.05, 0) is 57.0 Å². The first-order chi connectivity index (χ1) is 15.3. The van der Waals surface area contributed by atoms with Crippen LogP contribution in [0.15, 0.2) is 53.4 Å². The van der Waals surface area contributed by atoms with Crippen molar-refractivity contribution in [3.05, 3.63) is 54.1 Å². The van der Waals surface area contributed by atoms with Gasteiger partial charge in [0.05, 0.1) is 16.1 Å². The summed E-state index contributed by atoms with van der Waals surface area (Å²) in [6.45, 7) is 4.70. The second-order valence-corrected chi connectivity index (χ2v) is 10.0. The van der Waals surface area contributed by atoms with E-state index in [1.807, 2.05) is 13.8 Å². The molecule has 0 atom stereocenters. The molecule has 8 nitrogen and oxygen atoms in total. The van der Waals surface area contributed by atoms with Crippen molar-refractivity contribution in [2.45, 2.75) is 50.5 Å². The zero-order chi connectivity index (χ0) is 23.1. The van der Waals surface area contributed by atoms with Crippen LogP contribution in [0.4, 0.5) is 16.2 Å². The van der Waals surface area contributed by atoms with Gasteiger partial charge in [-0.3, -0.25) is 4.79 Å². The van der Waals surface area contributed by atoms with Crippen LogP contribution < -0.4 is 16.0 Å².